The number of hydrogen-bond donors (Lipinski definition) is 0. The van der Waals surface area contributed by atoms with E-state index in [1.165, 1.54) is 0 Å². The lowest BCUT2D eigenvalue weighted by Crippen LogP contribution is -1.98. The van der Waals surface area contributed by atoms with Gasteiger partial charge in [-0.3, -0.25) is 0 Å². The first-order valence-corrected chi connectivity index (χ1v) is 5.93. The number of carbonyl (C=O) groups excluding carboxylic acids is 1. The number of hydrogen-bond acceptors (Lipinski definition) is 2. The van der Waals surface area contributed by atoms with Crippen LogP contribution < -0.4 is 4.74 Å². The van der Waals surface area contributed by atoms with Gasteiger partial charge in [-0.25, -0.2) is 4.79 Å². The van der Waals surface area contributed by atoms with Crippen LogP contribution in [0.5, 0.6) is 5.75 Å². The zero-order valence-electron chi connectivity index (χ0n) is 6.58. The van der Waals surface area contributed by atoms with Crippen LogP contribution in [0.3, 0.4) is 0 Å². The van der Waals surface area contributed by atoms with Crippen molar-refractivity contribution >= 4 is 78.8 Å². The molecule has 0 radical (unpaired) electrons. The van der Waals surface area contributed by atoms with Gasteiger partial charge < -0.3 is 4.74 Å². The summed E-state index contributed by atoms with van der Waals surface area (Å²) in [4.78, 5) is 9.91. The normalized spacial score (nSPS) is 10.3. The summed E-state index contributed by atoms with van der Waals surface area (Å²) in [6, 6.07) is 0. The molecule has 0 aliphatic rings. The van der Waals surface area contributed by atoms with Crippen LogP contribution in [0, 0.1) is 0 Å². The maximum atomic E-state index is 10.7. The minimum Gasteiger partial charge on any atom is -0.415 e. The van der Waals surface area contributed by atoms with Crippen LogP contribution in [0.2, 0.25) is 25.1 Å². The molecule has 2 nitrogen and oxygen atoms in total. The van der Waals surface area contributed by atoms with E-state index in [9.17, 15) is 4.79 Å². The molecule has 0 aromatic heterocycles. The predicted octanol–water partition coefficient (Wildman–Crippen LogP) is 5.85. The van der Waals surface area contributed by atoms with Crippen molar-refractivity contribution in [1.29, 1.82) is 0 Å². The smallest absolute Gasteiger partial charge is 0.380 e. The van der Waals surface area contributed by atoms with Crippen LogP contribution in [0.1, 0.15) is 0 Å². The highest BCUT2D eigenvalue weighted by atomic mass is 79.9. The van der Waals surface area contributed by atoms with Gasteiger partial charge >= 0.3 is 4.88 Å². The highest BCUT2D eigenvalue weighted by Crippen LogP contribution is 2.48. The quantitative estimate of drug-likeness (QED) is 0.351. The van der Waals surface area contributed by atoms with Gasteiger partial charge in [0.2, 0.25) is 0 Å². The van der Waals surface area contributed by atoms with Crippen molar-refractivity contribution in [2.24, 2.45) is 0 Å². The molecule has 0 spiro atoms. The molecule has 15 heavy (non-hydrogen) atoms. The molecule has 82 valence electrons. The van der Waals surface area contributed by atoms with Crippen molar-refractivity contribution in [3.8, 4) is 5.75 Å². The van der Waals surface area contributed by atoms with E-state index < -0.39 is 4.88 Å². The molecule has 1 aromatic rings. The van der Waals surface area contributed by atoms with Gasteiger partial charge in [-0.1, -0.05) is 58.0 Å². The average Bonchev–Trinajstić information content (AvgIpc) is 2.18. The van der Waals surface area contributed by atoms with E-state index in [4.69, 9.17) is 58.0 Å². The minimum atomic E-state index is -0.777. The molecule has 0 fully saturated rings. The van der Waals surface area contributed by atoms with Gasteiger partial charge in [-0.05, 0) is 0 Å². The Balaban J connectivity index is 3.45. The first kappa shape index (κ1) is 13.7. The molecule has 8 heteroatoms. The average molecular weight is 373 g/mol. The summed E-state index contributed by atoms with van der Waals surface area (Å²) in [5, 5.41) is -0.219. The lowest BCUT2D eigenvalue weighted by atomic mass is 10.3. The van der Waals surface area contributed by atoms with Gasteiger partial charge in [-0.2, -0.15) is 0 Å². The first-order chi connectivity index (χ1) is 6.86. The maximum Gasteiger partial charge on any atom is 0.380 e. The molecule has 0 bridgehead atoms. The SMILES string of the molecule is O=C(Br)Oc1c(Cl)c(Cl)c(Cl)c(Cl)c1Cl. The Labute approximate surface area is 118 Å². The number of benzene rings is 1. The lowest BCUT2D eigenvalue weighted by Gasteiger charge is -2.10. The van der Waals surface area contributed by atoms with Crippen LogP contribution >= 0.6 is 73.9 Å². The Hall–Kier alpha value is 0.620. The molecule has 1 rings (SSSR count). The highest BCUT2D eigenvalue weighted by molar-refractivity contribution is 9.18. The van der Waals surface area contributed by atoms with Crippen molar-refractivity contribution in [3.63, 3.8) is 0 Å². The van der Waals surface area contributed by atoms with Crippen molar-refractivity contribution in [1.82, 2.24) is 0 Å². The van der Waals surface area contributed by atoms with Crippen LogP contribution in [-0.2, 0) is 0 Å². The number of ether oxygens (including phenoxy) is 1. The Morgan fingerprint density at radius 1 is 0.867 bits per heavy atom. The van der Waals surface area contributed by atoms with Crippen LogP contribution in [0.4, 0.5) is 4.79 Å². The summed E-state index contributed by atoms with van der Waals surface area (Å²) in [6.45, 7) is 0. The maximum absolute atomic E-state index is 10.7. The third kappa shape index (κ3) is 2.84. The molecule has 0 heterocycles. The zero-order chi connectivity index (χ0) is 11.7. The molecule has 1 aromatic carbocycles. The Morgan fingerprint density at radius 3 is 1.53 bits per heavy atom. The second kappa shape index (κ2) is 5.30. The molecule has 0 saturated heterocycles. The van der Waals surface area contributed by atoms with Gasteiger partial charge in [0.1, 0.15) is 10.0 Å². The fourth-order valence-corrected chi connectivity index (χ4v) is 2.11. The first-order valence-electron chi connectivity index (χ1n) is 3.25. The largest absolute Gasteiger partial charge is 0.415 e. The van der Waals surface area contributed by atoms with E-state index in [0.29, 0.717) is 0 Å². The van der Waals surface area contributed by atoms with Gasteiger partial charge in [-0.15, -0.1) is 0 Å². The van der Waals surface area contributed by atoms with E-state index in [1.807, 2.05) is 0 Å². The van der Waals surface area contributed by atoms with E-state index in [1.54, 1.807) is 0 Å². The molecule has 0 atom stereocenters. The second-order valence-electron chi connectivity index (χ2n) is 2.24. The zero-order valence-corrected chi connectivity index (χ0v) is 11.9. The van der Waals surface area contributed by atoms with Crippen molar-refractivity contribution in [2.45, 2.75) is 0 Å². The fourth-order valence-electron chi connectivity index (χ4n) is 0.755. The number of rotatable bonds is 1. The van der Waals surface area contributed by atoms with Crippen LogP contribution in [0.15, 0.2) is 0 Å². The molecule has 0 unspecified atom stereocenters. The number of halogens is 6. The molecule has 0 aliphatic heterocycles. The summed E-state index contributed by atoms with van der Waals surface area (Å²) in [5.74, 6) is -0.139. The molecular weight excluding hydrogens is 373 g/mol. The summed E-state index contributed by atoms with van der Waals surface area (Å²) >= 11 is 31.2. The van der Waals surface area contributed by atoms with E-state index in [2.05, 4.69) is 20.7 Å². The molecule has 0 aliphatic carbocycles. The third-order valence-electron chi connectivity index (χ3n) is 1.35. The summed E-state index contributed by atoms with van der Waals surface area (Å²) in [6.07, 6.45) is 0. The topological polar surface area (TPSA) is 26.3 Å². The van der Waals surface area contributed by atoms with Gasteiger partial charge in [0, 0.05) is 15.9 Å². The fraction of sp³-hybridized carbons (Fsp3) is 0. The lowest BCUT2D eigenvalue weighted by molar-refractivity contribution is 0.228. The molecular formula is C7BrCl5O2. The second-order valence-corrected chi connectivity index (χ2v) is 4.78. The summed E-state index contributed by atoms with van der Waals surface area (Å²) in [5.41, 5.74) is 0. The van der Waals surface area contributed by atoms with Crippen LogP contribution in [-0.4, -0.2) is 4.88 Å². The standard InChI is InChI=1S/C7BrCl5O2/c8-7(14)15-6-4(12)2(10)1(9)3(11)5(6)13. The Morgan fingerprint density at radius 2 is 1.20 bits per heavy atom. The van der Waals surface area contributed by atoms with Crippen LogP contribution in [0.25, 0.3) is 0 Å². The predicted molar refractivity (Wildman–Crippen MR) is 66.4 cm³/mol. The van der Waals surface area contributed by atoms with Crippen molar-refractivity contribution in [3.05, 3.63) is 25.1 Å². The van der Waals surface area contributed by atoms with E-state index in [-0.39, 0.29) is 30.9 Å². The third-order valence-corrected chi connectivity index (χ3v) is 3.76. The molecule has 0 saturated carbocycles. The van der Waals surface area contributed by atoms with Crippen molar-refractivity contribution in [2.75, 3.05) is 0 Å². The van der Waals surface area contributed by atoms with Gasteiger partial charge in [0.05, 0.1) is 15.1 Å². The van der Waals surface area contributed by atoms with E-state index in [0.717, 1.165) is 0 Å². The molecule has 0 amide bonds. The highest BCUT2D eigenvalue weighted by Gasteiger charge is 2.21. The van der Waals surface area contributed by atoms with Gasteiger partial charge in [0.15, 0.2) is 5.75 Å². The molecule has 0 N–H and O–H groups in total. The van der Waals surface area contributed by atoms with E-state index >= 15 is 0 Å². The minimum absolute atomic E-state index is 0.00250. The summed E-state index contributed by atoms with van der Waals surface area (Å²) in [7, 11) is 0. The summed E-state index contributed by atoms with van der Waals surface area (Å²) < 4.78 is 4.68. The Bertz CT molecular complexity index is 405. The van der Waals surface area contributed by atoms with Gasteiger partial charge in [0.25, 0.3) is 0 Å². The number of carbonyl (C=O) groups is 1. The Kier molecular flexibility index (Phi) is 4.84. The monoisotopic (exact) mass is 370 g/mol. The van der Waals surface area contributed by atoms with Crippen molar-refractivity contribution < 1.29 is 9.53 Å².